The minimum absolute atomic E-state index is 0.141. The highest BCUT2D eigenvalue weighted by Gasteiger charge is 2.40. The second-order valence-corrected chi connectivity index (χ2v) is 5.00. The lowest BCUT2D eigenvalue weighted by atomic mass is 9.95. The first-order chi connectivity index (χ1) is 7.90. The van der Waals surface area contributed by atoms with Crippen molar-refractivity contribution in [1.29, 1.82) is 0 Å². The number of hydrogen-bond donors (Lipinski definition) is 3. The number of nitrogens with one attached hydrogen (secondary N) is 1. The van der Waals surface area contributed by atoms with Crippen LogP contribution >= 0.6 is 0 Å². The highest BCUT2D eigenvalue weighted by molar-refractivity contribution is 5.81. The van der Waals surface area contributed by atoms with Crippen LogP contribution in [0.4, 0.5) is 0 Å². The molecule has 1 amide bonds. The normalized spacial score (nSPS) is 32.2. The van der Waals surface area contributed by atoms with Gasteiger partial charge in [0.15, 0.2) is 0 Å². The molecular formula is C12H24N2O3. The predicted octanol–water partition coefficient (Wildman–Crippen LogP) is 0.0159. The van der Waals surface area contributed by atoms with Crippen LogP contribution in [0.5, 0.6) is 0 Å². The number of hydrogen-bond acceptors (Lipinski definition) is 4. The Kier molecular flexibility index (Phi) is 4.91. The van der Waals surface area contributed by atoms with Crippen LogP contribution in [-0.4, -0.2) is 41.9 Å². The summed E-state index contributed by atoms with van der Waals surface area (Å²) in [5, 5.41) is 12.9. The van der Waals surface area contributed by atoms with Crippen molar-refractivity contribution in [3.8, 4) is 0 Å². The fourth-order valence-corrected chi connectivity index (χ4v) is 1.87. The second kappa shape index (κ2) is 5.80. The average Bonchev–Trinajstić information content (AvgIpc) is 2.65. The van der Waals surface area contributed by atoms with Crippen LogP contribution in [0, 0.1) is 5.92 Å². The van der Waals surface area contributed by atoms with Crippen LogP contribution in [0.1, 0.15) is 33.6 Å². The van der Waals surface area contributed by atoms with Crippen molar-refractivity contribution >= 4 is 5.91 Å². The first kappa shape index (κ1) is 14.4. The van der Waals surface area contributed by atoms with Gasteiger partial charge >= 0.3 is 0 Å². The Hall–Kier alpha value is -0.650. The summed E-state index contributed by atoms with van der Waals surface area (Å²) < 4.78 is 5.30. The zero-order valence-corrected chi connectivity index (χ0v) is 10.9. The zero-order valence-electron chi connectivity index (χ0n) is 10.9. The van der Waals surface area contributed by atoms with Gasteiger partial charge in [-0.3, -0.25) is 4.79 Å². The van der Waals surface area contributed by atoms with Crippen LogP contribution in [-0.2, 0) is 9.53 Å². The Balaban J connectivity index is 2.42. The Bertz CT molecular complexity index is 272. The molecule has 3 unspecified atom stereocenters. The maximum atomic E-state index is 11.8. The molecule has 17 heavy (non-hydrogen) atoms. The first-order valence-electron chi connectivity index (χ1n) is 6.28. The molecule has 0 spiro atoms. The summed E-state index contributed by atoms with van der Waals surface area (Å²) in [6, 6.07) is -0.513. The third-order valence-electron chi connectivity index (χ3n) is 3.79. The van der Waals surface area contributed by atoms with Crippen LogP contribution in [0.2, 0.25) is 0 Å². The molecule has 0 aromatic carbocycles. The molecule has 5 nitrogen and oxygen atoms in total. The SMILES string of the molecule is CCC(C)[C@H](N)C(=O)NCC1(O)CCOC1C. The maximum Gasteiger partial charge on any atom is 0.237 e. The van der Waals surface area contributed by atoms with Gasteiger partial charge in [0.2, 0.25) is 5.91 Å². The molecule has 5 heteroatoms. The molecule has 1 aliphatic rings. The molecule has 100 valence electrons. The minimum Gasteiger partial charge on any atom is -0.385 e. The number of nitrogens with two attached hydrogens (primary N) is 1. The predicted molar refractivity (Wildman–Crippen MR) is 65.4 cm³/mol. The van der Waals surface area contributed by atoms with E-state index in [0.717, 1.165) is 6.42 Å². The highest BCUT2D eigenvalue weighted by Crippen LogP contribution is 2.24. The number of amides is 1. The van der Waals surface area contributed by atoms with Crippen LogP contribution in [0.3, 0.4) is 0 Å². The van der Waals surface area contributed by atoms with Gasteiger partial charge in [-0.15, -0.1) is 0 Å². The molecule has 4 N–H and O–H groups in total. The third kappa shape index (κ3) is 3.40. The smallest absolute Gasteiger partial charge is 0.237 e. The second-order valence-electron chi connectivity index (χ2n) is 5.00. The van der Waals surface area contributed by atoms with E-state index in [-0.39, 0.29) is 24.5 Å². The van der Waals surface area contributed by atoms with E-state index in [1.807, 2.05) is 20.8 Å². The fraction of sp³-hybridized carbons (Fsp3) is 0.917. The van der Waals surface area contributed by atoms with Gasteiger partial charge in [0, 0.05) is 19.6 Å². The van der Waals surface area contributed by atoms with Crippen LogP contribution in [0.25, 0.3) is 0 Å². The third-order valence-corrected chi connectivity index (χ3v) is 3.79. The van der Waals surface area contributed by atoms with E-state index in [9.17, 15) is 9.90 Å². The van der Waals surface area contributed by atoms with Crippen molar-refractivity contribution in [2.24, 2.45) is 11.7 Å². The zero-order chi connectivity index (χ0) is 13.1. The topological polar surface area (TPSA) is 84.6 Å². The summed E-state index contributed by atoms with van der Waals surface area (Å²) in [5.74, 6) is -0.0613. The van der Waals surface area contributed by atoms with E-state index in [2.05, 4.69) is 5.32 Å². The van der Waals surface area contributed by atoms with E-state index in [0.29, 0.717) is 13.0 Å². The summed E-state index contributed by atoms with van der Waals surface area (Å²) in [5.41, 5.74) is 4.86. The van der Waals surface area contributed by atoms with Gasteiger partial charge in [-0.25, -0.2) is 0 Å². The van der Waals surface area contributed by atoms with E-state index < -0.39 is 11.6 Å². The van der Waals surface area contributed by atoms with Gasteiger partial charge in [-0.05, 0) is 12.8 Å². The summed E-state index contributed by atoms with van der Waals surface area (Å²) >= 11 is 0. The van der Waals surface area contributed by atoms with Gasteiger partial charge in [0.25, 0.3) is 0 Å². The standard InChI is InChI=1S/C12H24N2O3/c1-4-8(2)10(13)11(15)14-7-12(16)5-6-17-9(12)3/h8-10,16H,4-7,13H2,1-3H3,(H,14,15)/t8?,9?,10-,12?/m0/s1. The number of rotatable bonds is 5. The minimum atomic E-state index is -0.954. The molecule has 1 fully saturated rings. The Labute approximate surface area is 103 Å². The Morgan fingerprint density at radius 1 is 1.71 bits per heavy atom. The van der Waals surface area contributed by atoms with Crippen LogP contribution < -0.4 is 11.1 Å². The maximum absolute atomic E-state index is 11.8. The molecule has 1 aliphatic heterocycles. The largest absolute Gasteiger partial charge is 0.385 e. The lowest BCUT2D eigenvalue weighted by Gasteiger charge is -2.27. The highest BCUT2D eigenvalue weighted by atomic mass is 16.5. The lowest BCUT2D eigenvalue weighted by Crippen LogP contribution is -2.52. The molecule has 0 radical (unpaired) electrons. The molecule has 0 aromatic heterocycles. The molecule has 1 saturated heterocycles. The van der Waals surface area contributed by atoms with Gasteiger partial charge in [-0.1, -0.05) is 20.3 Å². The van der Waals surface area contributed by atoms with Gasteiger partial charge in [0.05, 0.1) is 12.1 Å². The molecule has 0 aliphatic carbocycles. The summed E-state index contributed by atoms with van der Waals surface area (Å²) in [7, 11) is 0. The van der Waals surface area contributed by atoms with Gasteiger partial charge in [0.1, 0.15) is 5.60 Å². The molecule has 4 atom stereocenters. The van der Waals surface area contributed by atoms with E-state index >= 15 is 0 Å². The van der Waals surface area contributed by atoms with E-state index in [1.165, 1.54) is 0 Å². The number of aliphatic hydroxyl groups is 1. The van der Waals surface area contributed by atoms with Gasteiger partial charge in [-0.2, -0.15) is 0 Å². The quantitative estimate of drug-likeness (QED) is 0.636. The van der Waals surface area contributed by atoms with Crippen molar-refractivity contribution < 1.29 is 14.6 Å². The number of carbonyl (C=O) groups is 1. The molecule has 1 rings (SSSR count). The first-order valence-corrected chi connectivity index (χ1v) is 6.28. The average molecular weight is 244 g/mol. The summed E-state index contributed by atoms with van der Waals surface area (Å²) in [6.45, 7) is 6.49. The van der Waals surface area contributed by atoms with Crippen molar-refractivity contribution in [2.75, 3.05) is 13.2 Å². The monoisotopic (exact) mass is 244 g/mol. The van der Waals surface area contributed by atoms with Crippen molar-refractivity contribution in [1.82, 2.24) is 5.32 Å². The Morgan fingerprint density at radius 3 is 2.82 bits per heavy atom. The fourth-order valence-electron chi connectivity index (χ4n) is 1.87. The van der Waals surface area contributed by atoms with Crippen molar-refractivity contribution in [2.45, 2.75) is 51.4 Å². The molecule has 0 aromatic rings. The number of carbonyl (C=O) groups excluding carboxylic acids is 1. The molecule has 0 saturated carbocycles. The van der Waals surface area contributed by atoms with E-state index in [4.69, 9.17) is 10.5 Å². The number of ether oxygens (including phenoxy) is 1. The summed E-state index contributed by atoms with van der Waals surface area (Å²) in [6.07, 6.45) is 1.16. The molecule has 1 heterocycles. The van der Waals surface area contributed by atoms with Crippen LogP contribution in [0.15, 0.2) is 0 Å². The lowest BCUT2D eigenvalue weighted by molar-refractivity contribution is -0.125. The van der Waals surface area contributed by atoms with Crippen molar-refractivity contribution in [3.05, 3.63) is 0 Å². The van der Waals surface area contributed by atoms with E-state index in [1.54, 1.807) is 0 Å². The Morgan fingerprint density at radius 2 is 2.35 bits per heavy atom. The van der Waals surface area contributed by atoms with Crippen molar-refractivity contribution in [3.63, 3.8) is 0 Å². The summed E-state index contributed by atoms with van der Waals surface area (Å²) in [4.78, 5) is 11.8. The van der Waals surface area contributed by atoms with Gasteiger partial charge < -0.3 is 20.9 Å². The molecular weight excluding hydrogens is 220 g/mol. The molecule has 0 bridgehead atoms.